The second-order valence-corrected chi connectivity index (χ2v) is 8.29. The molecule has 6 nitrogen and oxygen atoms in total. The van der Waals surface area contributed by atoms with Gasteiger partial charge < -0.3 is 14.9 Å². The lowest BCUT2D eigenvalue weighted by Gasteiger charge is -2.21. The molecule has 1 atom stereocenters. The predicted octanol–water partition coefficient (Wildman–Crippen LogP) is 5.38. The molecule has 1 aliphatic rings. The van der Waals surface area contributed by atoms with Crippen LogP contribution >= 0.6 is 27.3 Å². The average molecular weight is 465 g/mol. The van der Waals surface area contributed by atoms with Crippen molar-refractivity contribution >= 4 is 27.3 Å². The fraction of sp³-hybridized carbons (Fsp3) is 0.0476. The summed E-state index contributed by atoms with van der Waals surface area (Å²) < 4.78 is 12.8. The Kier molecular flexibility index (Phi) is 4.27. The topological polar surface area (TPSA) is 101 Å². The Labute approximate surface area is 178 Å². The summed E-state index contributed by atoms with van der Waals surface area (Å²) >= 11 is 5.01. The van der Waals surface area contributed by atoms with Crippen LogP contribution in [-0.4, -0.2) is 10.2 Å². The maximum Gasteiger partial charge on any atom is 0.244 e. The highest BCUT2D eigenvalue weighted by Gasteiger charge is 2.37. The number of benzene rings is 1. The van der Waals surface area contributed by atoms with Gasteiger partial charge in [0, 0.05) is 10.0 Å². The van der Waals surface area contributed by atoms with Crippen LogP contribution in [0.25, 0.3) is 21.9 Å². The van der Waals surface area contributed by atoms with Gasteiger partial charge >= 0.3 is 0 Å². The van der Waals surface area contributed by atoms with E-state index >= 15 is 0 Å². The van der Waals surface area contributed by atoms with Crippen molar-refractivity contribution in [2.24, 2.45) is 5.73 Å². The average Bonchev–Trinajstić information content (AvgIpc) is 3.47. The third-order valence-corrected chi connectivity index (χ3v) is 6.16. The number of nitrogens with zero attached hydrogens (tertiary/aromatic N) is 2. The highest BCUT2D eigenvalue weighted by Crippen LogP contribution is 2.47. The van der Waals surface area contributed by atoms with Crippen LogP contribution in [0.1, 0.15) is 17.2 Å². The standard InChI is InChI=1S/C21H13BrN4O2S/c22-12-5-3-11(4-6-12)14-7-8-15(27-14)17-13(10-23)20(24)28-21-18(17)19(25-26-21)16-2-1-9-29-16/h1-9,17H,24H2,(H,25,26). The van der Waals surface area contributed by atoms with Crippen molar-refractivity contribution in [3.05, 3.63) is 81.2 Å². The molecule has 0 bridgehead atoms. The molecule has 0 aliphatic carbocycles. The Balaban J connectivity index is 1.66. The number of rotatable bonds is 3. The summed E-state index contributed by atoms with van der Waals surface area (Å²) in [5.41, 5.74) is 8.81. The smallest absolute Gasteiger partial charge is 0.244 e. The van der Waals surface area contributed by atoms with Crippen LogP contribution in [-0.2, 0) is 0 Å². The number of halogens is 1. The number of hydrogen-bond acceptors (Lipinski definition) is 6. The highest BCUT2D eigenvalue weighted by atomic mass is 79.9. The maximum absolute atomic E-state index is 9.79. The zero-order chi connectivity index (χ0) is 20.0. The van der Waals surface area contributed by atoms with E-state index in [4.69, 9.17) is 14.9 Å². The fourth-order valence-electron chi connectivity index (χ4n) is 3.42. The Bertz CT molecular complexity index is 1260. The molecule has 8 heteroatoms. The Morgan fingerprint density at radius 3 is 2.72 bits per heavy atom. The third kappa shape index (κ3) is 2.95. The van der Waals surface area contributed by atoms with Gasteiger partial charge in [-0.3, -0.25) is 5.10 Å². The number of H-pyrrole nitrogens is 1. The number of aromatic amines is 1. The first kappa shape index (κ1) is 17.8. The molecular weight excluding hydrogens is 452 g/mol. The van der Waals surface area contributed by atoms with Gasteiger partial charge in [0.15, 0.2) is 0 Å². The van der Waals surface area contributed by atoms with Crippen molar-refractivity contribution in [2.75, 3.05) is 0 Å². The number of nitrogens with one attached hydrogen (secondary N) is 1. The summed E-state index contributed by atoms with van der Waals surface area (Å²) in [5.74, 6) is 1.19. The molecule has 0 saturated carbocycles. The van der Waals surface area contributed by atoms with Gasteiger partial charge in [-0.25, -0.2) is 0 Å². The Morgan fingerprint density at radius 1 is 1.17 bits per heavy atom. The molecule has 0 fully saturated rings. The second-order valence-electron chi connectivity index (χ2n) is 6.43. The van der Waals surface area contributed by atoms with Crippen LogP contribution in [0.4, 0.5) is 0 Å². The number of thiophene rings is 1. The lowest BCUT2D eigenvalue weighted by Crippen LogP contribution is -2.20. The van der Waals surface area contributed by atoms with Crippen molar-refractivity contribution in [1.29, 1.82) is 5.26 Å². The number of fused-ring (bicyclic) bond motifs is 1. The van der Waals surface area contributed by atoms with Gasteiger partial charge in [0.2, 0.25) is 11.8 Å². The molecular formula is C21H13BrN4O2S. The van der Waals surface area contributed by atoms with Gasteiger partial charge in [0.05, 0.1) is 22.1 Å². The van der Waals surface area contributed by atoms with Crippen molar-refractivity contribution in [1.82, 2.24) is 10.2 Å². The van der Waals surface area contributed by atoms with E-state index in [-0.39, 0.29) is 5.88 Å². The molecule has 4 heterocycles. The zero-order valence-electron chi connectivity index (χ0n) is 14.8. The van der Waals surface area contributed by atoms with Gasteiger partial charge in [-0.2, -0.15) is 5.26 Å². The van der Waals surface area contributed by atoms with Crippen molar-refractivity contribution in [3.8, 4) is 33.8 Å². The minimum absolute atomic E-state index is 0.0378. The number of nitriles is 1. The van der Waals surface area contributed by atoms with E-state index in [2.05, 4.69) is 32.2 Å². The predicted molar refractivity (Wildman–Crippen MR) is 113 cm³/mol. The number of hydrogen-bond donors (Lipinski definition) is 2. The summed E-state index contributed by atoms with van der Waals surface area (Å²) in [6.07, 6.45) is 0. The van der Waals surface area contributed by atoms with Crippen molar-refractivity contribution in [3.63, 3.8) is 0 Å². The van der Waals surface area contributed by atoms with Crippen LogP contribution in [0.15, 0.2) is 74.3 Å². The summed E-state index contributed by atoms with van der Waals surface area (Å²) in [7, 11) is 0. The van der Waals surface area contributed by atoms with Crippen LogP contribution in [0.2, 0.25) is 0 Å². The minimum Gasteiger partial charge on any atom is -0.460 e. The Hall–Kier alpha value is -3.28. The largest absolute Gasteiger partial charge is 0.460 e. The minimum atomic E-state index is -0.510. The lowest BCUT2D eigenvalue weighted by molar-refractivity contribution is 0.372. The quantitative estimate of drug-likeness (QED) is 0.423. The van der Waals surface area contributed by atoms with Crippen LogP contribution < -0.4 is 10.5 Å². The fourth-order valence-corrected chi connectivity index (χ4v) is 4.41. The second kappa shape index (κ2) is 6.95. The van der Waals surface area contributed by atoms with Crippen molar-refractivity contribution < 1.29 is 9.15 Å². The number of allylic oxidation sites excluding steroid dienone is 1. The maximum atomic E-state index is 9.79. The molecule has 0 saturated heterocycles. The zero-order valence-corrected chi connectivity index (χ0v) is 17.3. The van der Waals surface area contributed by atoms with Crippen molar-refractivity contribution in [2.45, 2.75) is 5.92 Å². The normalized spacial score (nSPS) is 15.7. The molecule has 1 aliphatic heterocycles. The molecule has 0 spiro atoms. The van der Waals surface area contributed by atoms with E-state index < -0.39 is 5.92 Å². The Morgan fingerprint density at radius 2 is 2.00 bits per heavy atom. The number of ether oxygens (including phenoxy) is 1. The summed E-state index contributed by atoms with van der Waals surface area (Å²) in [4.78, 5) is 0.991. The molecule has 1 aromatic carbocycles. The molecule has 5 rings (SSSR count). The van der Waals surface area contributed by atoms with Gasteiger partial charge in [-0.05, 0) is 35.7 Å². The van der Waals surface area contributed by atoms with Crippen LogP contribution in [0.3, 0.4) is 0 Å². The molecule has 142 valence electrons. The molecule has 4 aromatic rings. The highest BCUT2D eigenvalue weighted by molar-refractivity contribution is 9.10. The van der Waals surface area contributed by atoms with Gasteiger partial charge in [-0.15, -0.1) is 16.4 Å². The number of furan rings is 1. The first-order valence-electron chi connectivity index (χ1n) is 8.71. The SMILES string of the molecule is N#CC1=C(N)Oc2n[nH]c(-c3cccs3)c2C1c1ccc(-c2ccc(Br)cc2)o1. The summed E-state index contributed by atoms with van der Waals surface area (Å²) in [6.45, 7) is 0. The van der Waals surface area contributed by atoms with E-state index in [1.807, 2.05) is 53.9 Å². The number of nitrogens with two attached hydrogens (primary N) is 1. The molecule has 3 N–H and O–H groups in total. The van der Waals surface area contributed by atoms with Crippen LogP contribution in [0.5, 0.6) is 5.88 Å². The molecule has 1 unspecified atom stereocenters. The monoisotopic (exact) mass is 464 g/mol. The summed E-state index contributed by atoms with van der Waals surface area (Å²) in [6, 6.07) is 17.7. The molecule has 3 aromatic heterocycles. The molecule has 0 radical (unpaired) electrons. The number of aromatic nitrogens is 2. The van der Waals surface area contributed by atoms with Crippen LogP contribution in [0, 0.1) is 11.3 Å². The third-order valence-electron chi connectivity index (χ3n) is 4.75. The molecule has 0 amide bonds. The van der Waals surface area contributed by atoms with E-state index in [0.29, 0.717) is 23.0 Å². The lowest BCUT2D eigenvalue weighted by atomic mass is 9.87. The first-order valence-corrected chi connectivity index (χ1v) is 10.4. The van der Waals surface area contributed by atoms with E-state index in [1.165, 1.54) is 0 Å². The molecule has 29 heavy (non-hydrogen) atoms. The van der Waals surface area contributed by atoms with Gasteiger partial charge in [-0.1, -0.05) is 34.1 Å². The first-order chi connectivity index (χ1) is 14.2. The summed E-state index contributed by atoms with van der Waals surface area (Å²) in [5, 5.41) is 19.1. The van der Waals surface area contributed by atoms with Gasteiger partial charge in [0.1, 0.15) is 23.2 Å². The van der Waals surface area contributed by atoms with E-state index in [1.54, 1.807) is 11.3 Å². The van der Waals surface area contributed by atoms with E-state index in [9.17, 15) is 5.26 Å². The van der Waals surface area contributed by atoms with Gasteiger partial charge in [0.25, 0.3) is 0 Å². The van der Waals surface area contributed by atoms with E-state index in [0.717, 1.165) is 26.2 Å².